The Morgan fingerprint density at radius 3 is 2.77 bits per heavy atom. The number of hydrogen-bond donors (Lipinski definition) is 2. The third-order valence-electron chi connectivity index (χ3n) is 3.78. The quantitative estimate of drug-likeness (QED) is 0.686. The van der Waals surface area contributed by atoms with Crippen LogP contribution in [0.4, 0.5) is 0 Å². The van der Waals surface area contributed by atoms with Gasteiger partial charge in [0.05, 0.1) is 0 Å². The molecule has 0 aromatic heterocycles. The molecule has 2 rings (SSSR count). The van der Waals surface area contributed by atoms with Crippen molar-refractivity contribution >= 4 is 0 Å². The molecule has 2 nitrogen and oxygen atoms in total. The molecular weight excluding hydrogens is 160 g/mol. The summed E-state index contributed by atoms with van der Waals surface area (Å²) in [6, 6.07) is 1.59. The third kappa shape index (κ3) is 2.23. The fourth-order valence-corrected chi connectivity index (χ4v) is 2.44. The molecule has 76 valence electrons. The van der Waals surface area contributed by atoms with E-state index in [-0.39, 0.29) is 0 Å². The molecule has 0 radical (unpaired) electrons. The van der Waals surface area contributed by atoms with Gasteiger partial charge in [0, 0.05) is 12.1 Å². The van der Waals surface area contributed by atoms with Crippen LogP contribution >= 0.6 is 0 Å². The highest BCUT2D eigenvalue weighted by Gasteiger charge is 2.35. The van der Waals surface area contributed by atoms with Crippen LogP contribution in [0.15, 0.2) is 0 Å². The van der Waals surface area contributed by atoms with Gasteiger partial charge in [-0.2, -0.15) is 0 Å². The molecular formula is C11H22N2. The van der Waals surface area contributed by atoms with Gasteiger partial charge in [0.1, 0.15) is 0 Å². The van der Waals surface area contributed by atoms with E-state index in [1.807, 2.05) is 0 Å². The molecule has 4 atom stereocenters. The van der Waals surface area contributed by atoms with E-state index >= 15 is 0 Å². The Morgan fingerprint density at radius 2 is 2.23 bits per heavy atom. The van der Waals surface area contributed by atoms with Crippen LogP contribution in [0.1, 0.15) is 33.1 Å². The van der Waals surface area contributed by atoms with Gasteiger partial charge in [-0.3, -0.25) is 0 Å². The normalized spacial score (nSPS) is 43.8. The van der Waals surface area contributed by atoms with Crippen LogP contribution in [0.5, 0.6) is 0 Å². The standard InChI is InChI=1S/C11H22N2/c1-3-9-6-11(9)13-7-10-4-5-12-8(10)2/h8-13H,3-7H2,1-2H3. The van der Waals surface area contributed by atoms with Crippen molar-refractivity contribution in [2.45, 2.75) is 45.2 Å². The van der Waals surface area contributed by atoms with Gasteiger partial charge in [-0.15, -0.1) is 0 Å². The molecule has 0 amide bonds. The Hall–Kier alpha value is -0.0800. The fraction of sp³-hybridized carbons (Fsp3) is 1.00. The predicted octanol–water partition coefficient (Wildman–Crippen LogP) is 1.37. The van der Waals surface area contributed by atoms with E-state index in [4.69, 9.17) is 0 Å². The minimum atomic E-state index is 0.728. The van der Waals surface area contributed by atoms with Gasteiger partial charge in [-0.25, -0.2) is 0 Å². The summed E-state index contributed by atoms with van der Waals surface area (Å²) in [5.74, 6) is 1.86. The maximum absolute atomic E-state index is 3.69. The molecule has 4 unspecified atom stereocenters. The molecule has 1 saturated heterocycles. The van der Waals surface area contributed by atoms with E-state index in [0.717, 1.165) is 23.9 Å². The molecule has 1 heterocycles. The first kappa shape index (κ1) is 9.47. The predicted molar refractivity (Wildman–Crippen MR) is 55.8 cm³/mol. The smallest absolute Gasteiger partial charge is 0.00991 e. The zero-order valence-corrected chi connectivity index (χ0v) is 8.84. The average Bonchev–Trinajstić information content (AvgIpc) is 2.79. The van der Waals surface area contributed by atoms with Gasteiger partial charge >= 0.3 is 0 Å². The zero-order valence-electron chi connectivity index (χ0n) is 8.84. The van der Waals surface area contributed by atoms with Crippen molar-refractivity contribution in [3.05, 3.63) is 0 Å². The molecule has 2 fully saturated rings. The SMILES string of the molecule is CCC1CC1NCC1CCNC1C. The van der Waals surface area contributed by atoms with E-state index in [0.29, 0.717) is 0 Å². The van der Waals surface area contributed by atoms with Crippen LogP contribution in [0.25, 0.3) is 0 Å². The topological polar surface area (TPSA) is 24.1 Å². The van der Waals surface area contributed by atoms with Crippen molar-refractivity contribution in [3.63, 3.8) is 0 Å². The first-order valence-electron chi connectivity index (χ1n) is 5.78. The first-order chi connectivity index (χ1) is 6.31. The highest BCUT2D eigenvalue weighted by atomic mass is 15.0. The van der Waals surface area contributed by atoms with Crippen LogP contribution in [-0.4, -0.2) is 25.2 Å². The Morgan fingerprint density at radius 1 is 1.38 bits per heavy atom. The molecule has 13 heavy (non-hydrogen) atoms. The number of rotatable bonds is 4. The fourth-order valence-electron chi connectivity index (χ4n) is 2.44. The molecule has 0 bridgehead atoms. The summed E-state index contributed by atoms with van der Waals surface area (Å²) in [6.45, 7) is 7.06. The minimum absolute atomic E-state index is 0.728. The second-order valence-corrected chi connectivity index (χ2v) is 4.71. The second-order valence-electron chi connectivity index (χ2n) is 4.71. The molecule has 1 aliphatic carbocycles. The summed E-state index contributed by atoms with van der Waals surface area (Å²) in [7, 11) is 0. The lowest BCUT2D eigenvalue weighted by molar-refractivity contribution is 0.432. The minimum Gasteiger partial charge on any atom is -0.314 e. The van der Waals surface area contributed by atoms with Gasteiger partial charge in [0.25, 0.3) is 0 Å². The molecule has 2 N–H and O–H groups in total. The van der Waals surface area contributed by atoms with Crippen LogP contribution in [0.2, 0.25) is 0 Å². The molecule has 2 heteroatoms. The van der Waals surface area contributed by atoms with Gasteiger partial charge in [-0.05, 0) is 44.7 Å². The van der Waals surface area contributed by atoms with Crippen LogP contribution in [0, 0.1) is 11.8 Å². The van der Waals surface area contributed by atoms with Crippen molar-refractivity contribution in [1.82, 2.24) is 10.6 Å². The number of nitrogens with one attached hydrogen (secondary N) is 2. The van der Waals surface area contributed by atoms with Gasteiger partial charge in [-0.1, -0.05) is 13.3 Å². The van der Waals surface area contributed by atoms with Crippen LogP contribution in [-0.2, 0) is 0 Å². The Kier molecular flexibility index (Phi) is 2.89. The lowest BCUT2D eigenvalue weighted by atomic mass is 10.0. The second kappa shape index (κ2) is 3.97. The highest BCUT2D eigenvalue weighted by Crippen LogP contribution is 2.33. The Labute approximate surface area is 81.5 Å². The van der Waals surface area contributed by atoms with Gasteiger partial charge in [0.15, 0.2) is 0 Å². The summed E-state index contributed by atoms with van der Waals surface area (Å²) in [4.78, 5) is 0. The van der Waals surface area contributed by atoms with Gasteiger partial charge < -0.3 is 10.6 Å². The largest absolute Gasteiger partial charge is 0.314 e. The van der Waals surface area contributed by atoms with Crippen molar-refractivity contribution in [2.75, 3.05) is 13.1 Å². The van der Waals surface area contributed by atoms with Crippen LogP contribution in [0.3, 0.4) is 0 Å². The van der Waals surface area contributed by atoms with E-state index in [1.165, 1.54) is 32.4 Å². The summed E-state index contributed by atoms with van der Waals surface area (Å²) in [5, 5.41) is 7.19. The van der Waals surface area contributed by atoms with Crippen molar-refractivity contribution in [1.29, 1.82) is 0 Å². The molecule has 0 aromatic carbocycles. The lowest BCUT2D eigenvalue weighted by Crippen LogP contribution is -2.32. The van der Waals surface area contributed by atoms with E-state index in [1.54, 1.807) is 0 Å². The Balaban J connectivity index is 1.63. The molecule has 1 aliphatic heterocycles. The summed E-state index contributed by atoms with van der Waals surface area (Å²) in [5.41, 5.74) is 0. The summed E-state index contributed by atoms with van der Waals surface area (Å²) < 4.78 is 0. The van der Waals surface area contributed by atoms with Crippen molar-refractivity contribution in [3.8, 4) is 0 Å². The molecule has 2 aliphatic rings. The monoisotopic (exact) mass is 182 g/mol. The zero-order chi connectivity index (χ0) is 9.26. The average molecular weight is 182 g/mol. The molecule has 0 aromatic rings. The molecule has 0 spiro atoms. The van der Waals surface area contributed by atoms with E-state index < -0.39 is 0 Å². The third-order valence-corrected chi connectivity index (χ3v) is 3.78. The van der Waals surface area contributed by atoms with E-state index in [2.05, 4.69) is 24.5 Å². The number of hydrogen-bond acceptors (Lipinski definition) is 2. The van der Waals surface area contributed by atoms with Crippen molar-refractivity contribution in [2.24, 2.45) is 11.8 Å². The highest BCUT2D eigenvalue weighted by molar-refractivity contribution is 4.93. The van der Waals surface area contributed by atoms with Gasteiger partial charge in [0.2, 0.25) is 0 Å². The maximum atomic E-state index is 3.69. The summed E-state index contributed by atoms with van der Waals surface area (Å²) in [6.07, 6.45) is 4.14. The van der Waals surface area contributed by atoms with Crippen LogP contribution < -0.4 is 10.6 Å². The maximum Gasteiger partial charge on any atom is 0.00991 e. The first-order valence-corrected chi connectivity index (χ1v) is 5.78. The lowest BCUT2D eigenvalue weighted by Gasteiger charge is -2.15. The van der Waals surface area contributed by atoms with E-state index in [9.17, 15) is 0 Å². The summed E-state index contributed by atoms with van der Waals surface area (Å²) >= 11 is 0. The molecule has 1 saturated carbocycles. The van der Waals surface area contributed by atoms with Crippen molar-refractivity contribution < 1.29 is 0 Å². The Bertz CT molecular complexity index is 169.